The topological polar surface area (TPSA) is 59.4 Å². The summed E-state index contributed by atoms with van der Waals surface area (Å²) in [5, 5.41) is 9.11. The number of nitrogens with zero attached hydrogens (tertiary/aromatic N) is 1. The molecule has 1 aliphatic carbocycles. The number of aromatic nitrogens is 1. The molecule has 0 bridgehead atoms. The number of carbonyl (C=O) groups is 1. The standard InChI is InChI=1S/C15H13NO3/c17-15(18)12-6-3-9-16-14(12)19-13-8-7-10-4-1-2-5-11(10)13/h1-6,9,13H,7-8H2,(H,17,18). The number of fused-ring (bicyclic) bond motifs is 1. The van der Waals surface area contributed by atoms with Gasteiger partial charge in [0.1, 0.15) is 11.7 Å². The van der Waals surface area contributed by atoms with Gasteiger partial charge in [0.2, 0.25) is 5.88 Å². The van der Waals surface area contributed by atoms with E-state index in [1.165, 1.54) is 11.6 Å². The van der Waals surface area contributed by atoms with Crippen molar-refractivity contribution in [1.82, 2.24) is 4.98 Å². The molecule has 1 N–H and O–H groups in total. The van der Waals surface area contributed by atoms with Crippen LogP contribution in [0.5, 0.6) is 5.88 Å². The van der Waals surface area contributed by atoms with Gasteiger partial charge in [0.05, 0.1) is 0 Å². The fourth-order valence-electron chi connectivity index (χ4n) is 2.42. The summed E-state index contributed by atoms with van der Waals surface area (Å²) < 4.78 is 5.80. The van der Waals surface area contributed by atoms with E-state index in [0.717, 1.165) is 18.4 Å². The van der Waals surface area contributed by atoms with E-state index >= 15 is 0 Å². The van der Waals surface area contributed by atoms with Gasteiger partial charge in [-0.25, -0.2) is 9.78 Å². The van der Waals surface area contributed by atoms with E-state index in [-0.39, 0.29) is 17.5 Å². The summed E-state index contributed by atoms with van der Waals surface area (Å²) in [5.74, 6) is -0.828. The molecule has 4 heteroatoms. The second-order valence-electron chi connectivity index (χ2n) is 4.51. The number of aromatic carboxylic acids is 1. The van der Waals surface area contributed by atoms with Crippen molar-refractivity contribution in [1.29, 1.82) is 0 Å². The molecule has 2 aromatic rings. The van der Waals surface area contributed by atoms with Crippen molar-refractivity contribution in [2.45, 2.75) is 18.9 Å². The lowest BCUT2D eigenvalue weighted by atomic mass is 10.1. The van der Waals surface area contributed by atoms with Gasteiger partial charge in [-0.3, -0.25) is 0 Å². The summed E-state index contributed by atoms with van der Waals surface area (Å²) in [4.78, 5) is 15.2. The zero-order chi connectivity index (χ0) is 13.2. The minimum atomic E-state index is -1.02. The summed E-state index contributed by atoms with van der Waals surface area (Å²) in [5.41, 5.74) is 2.50. The summed E-state index contributed by atoms with van der Waals surface area (Å²) in [7, 11) is 0. The van der Waals surface area contributed by atoms with Crippen LogP contribution in [0.3, 0.4) is 0 Å². The molecule has 0 saturated heterocycles. The lowest BCUT2D eigenvalue weighted by Gasteiger charge is -2.15. The molecule has 0 amide bonds. The molecule has 4 nitrogen and oxygen atoms in total. The normalized spacial score (nSPS) is 16.9. The molecular weight excluding hydrogens is 242 g/mol. The minimum Gasteiger partial charge on any atom is -0.477 e. The van der Waals surface area contributed by atoms with Crippen LogP contribution in [0.1, 0.15) is 34.0 Å². The molecule has 1 unspecified atom stereocenters. The number of aryl methyl sites for hydroxylation is 1. The third-order valence-electron chi connectivity index (χ3n) is 3.33. The van der Waals surface area contributed by atoms with E-state index in [1.807, 2.05) is 18.2 Å². The Labute approximate surface area is 110 Å². The van der Waals surface area contributed by atoms with Crippen LogP contribution in [0.25, 0.3) is 0 Å². The van der Waals surface area contributed by atoms with Crippen molar-refractivity contribution in [2.75, 3.05) is 0 Å². The second kappa shape index (κ2) is 4.72. The Morgan fingerprint density at radius 2 is 2.11 bits per heavy atom. The number of pyridine rings is 1. The maximum absolute atomic E-state index is 11.1. The highest BCUT2D eigenvalue weighted by molar-refractivity contribution is 5.90. The SMILES string of the molecule is O=C(O)c1cccnc1OC1CCc2ccccc21. The van der Waals surface area contributed by atoms with E-state index in [4.69, 9.17) is 9.84 Å². The Morgan fingerprint density at radius 1 is 1.26 bits per heavy atom. The molecule has 1 atom stereocenters. The minimum absolute atomic E-state index is 0.104. The first-order valence-electron chi connectivity index (χ1n) is 6.18. The van der Waals surface area contributed by atoms with Crippen LogP contribution in [0, 0.1) is 0 Å². The average Bonchev–Trinajstić information content (AvgIpc) is 2.83. The molecule has 0 aliphatic heterocycles. The van der Waals surface area contributed by atoms with Gasteiger partial charge in [-0.1, -0.05) is 24.3 Å². The first-order chi connectivity index (χ1) is 9.25. The van der Waals surface area contributed by atoms with E-state index in [1.54, 1.807) is 12.3 Å². The Bertz CT molecular complexity index is 624. The fourth-order valence-corrected chi connectivity index (χ4v) is 2.42. The van der Waals surface area contributed by atoms with Crippen molar-refractivity contribution < 1.29 is 14.6 Å². The molecule has 3 rings (SSSR count). The fraction of sp³-hybridized carbons (Fsp3) is 0.200. The van der Waals surface area contributed by atoms with Gasteiger partial charge in [0.15, 0.2) is 0 Å². The second-order valence-corrected chi connectivity index (χ2v) is 4.51. The Balaban J connectivity index is 1.90. The lowest BCUT2D eigenvalue weighted by molar-refractivity contribution is 0.0687. The molecular formula is C15H13NO3. The molecule has 96 valence electrons. The summed E-state index contributed by atoms with van der Waals surface area (Å²) in [6, 6.07) is 11.2. The maximum Gasteiger partial charge on any atom is 0.341 e. The third kappa shape index (κ3) is 2.17. The first kappa shape index (κ1) is 11.7. The van der Waals surface area contributed by atoms with Crippen molar-refractivity contribution in [2.24, 2.45) is 0 Å². The molecule has 0 radical (unpaired) electrons. The molecule has 1 heterocycles. The quantitative estimate of drug-likeness (QED) is 0.916. The molecule has 19 heavy (non-hydrogen) atoms. The van der Waals surface area contributed by atoms with Crippen molar-refractivity contribution in [3.8, 4) is 5.88 Å². The first-order valence-corrected chi connectivity index (χ1v) is 6.18. The van der Waals surface area contributed by atoms with Gasteiger partial charge in [-0.2, -0.15) is 0 Å². The summed E-state index contributed by atoms with van der Waals surface area (Å²) >= 11 is 0. The number of ether oxygens (including phenoxy) is 1. The summed E-state index contributed by atoms with van der Waals surface area (Å²) in [6.45, 7) is 0. The number of benzene rings is 1. The Hall–Kier alpha value is -2.36. The number of carboxylic acid groups (broad SMARTS) is 1. The van der Waals surface area contributed by atoms with Gasteiger partial charge in [0, 0.05) is 6.20 Å². The van der Waals surface area contributed by atoms with Crippen LogP contribution < -0.4 is 4.74 Å². The maximum atomic E-state index is 11.1. The Kier molecular flexibility index (Phi) is 2.91. The van der Waals surface area contributed by atoms with Crippen molar-refractivity contribution >= 4 is 5.97 Å². The van der Waals surface area contributed by atoms with E-state index < -0.39 is 5.97 Å². The predicted octanol–water partition coefficient (Wildman–Crippen LogP) is 2.85. The van der Waals surface area contributed by atoms with E-state index in [0.29, 0.717) is 0 Å². The lowest BCUT2D eigenvalue weighted by Crippen LogP contribution is -2.09. The monoisotopic (exact) mass is 255 g/mol. The zero-order valence-electron chi connectivity index (χ0n) is 10.2. The molecule has 0 saturated carbocycles. The van der Waals surface area contributed by atoms with Crippen LogP contribution in [-0.2, 0) is 6.42 Å². The van der Waals surface area contributed by atoms with Crippen LogP contribution in [0.4, 0.5) is 0 Å². The number of rotatable bonds is 3. The molecule has 1 aromatic heterocycles. The average molecular weight is 255 g/mol. The van der Waals surface area contributed by atoms with Crippen molar-refractivity contribution in [3.05, 3.63) is 59.3 Å². The van der Waals surface area contributed by atoms with Crippen LogP contribution in [0.15, 0.2) is 42.6 Å². The van der Waals surface area contributed by atoms with Gasteiger partial charge in [0.25, 0.3) is 0 Å². The predicted molar refractivity (Wildman–Crippen MR) is 69.3 cm³/mol. The summed E-state index contributed by atoms with van der Waals surface area (Å²) in [6.07, 6.45) is 3.25. The highest BCUT2D eigenvalue weighted by Crippen LogP contribution is 2.34. The van der Waals surface area contributed by atoms with Crippen LogP contribution in [0.2, 0.25) is 0 Å². The van der Waals surface area contributed by atoms with Crippen LogP contribution in [-0.4, -0.2) is 16.1 Å². The third-order valence-corrected chi connectivity index (χ3v) is 3.33. The van der Waals surface area contributed by atoms with E-state index in [9.17, 15) is 4.79 Å². The zero-order valence-corrected chi connectivity index (χ0v) is 10.2. The van der Waals surface area contributed by atoms with Gasteiger partial charge in [-0.05, 0) is 36.1 Å². The molecule has 0 fully saturated rings. The highest BCUT2D eigenvalue weighted by atomic mass is 16.5. The van der Waals surface area contributed by atoms with Gasteiger partial charge in [-0.15, -0.1) is 0 Å². The highest BCUT2D eigenvalue weighted by Gasteiger charge is 2.25. The molecule has 1 aromatic carbocycles. The number of hydrogen-bond donors (Lipinski definition) is 1. The Morgan fingerprint density at radius 3 is 2.95 bits per heavy atom. The van der Waals surface area contributed by atoms with Crippen molar-refractivity contribution in [3.63, 3.8) is 0 Å². The van der Waals surface area contributed by atoms with E-state index in [2.05, 4.69) is 11.1 Å². The number of carboxylic acids is 1. The molecule has 1 aliphatic rings. The molecule has 0 spiro atoms. The van der Waals surface area contributed by atoms with Crippen LogP contribution >= 0.6 is 0 Å². The smallest absolute Gasteiger partial charge is 0.341 e. The van der Waals surface area contributed by atoms with Gasteiger partial charge < -0.3 is 9.84 Å². The number of hydrogen-bond acceptors (Lipinski definition) is 3. The largest absolute Gasteiger partial charge is 0.477 e. The van der Waals surface area contributed by atoms with Gasteiger partial charge >= 0.3 is 5.97 Å².